The van der Waals surface area contributed by atoms with E-state index in [-0.39, 0.29) is 122 Å². The summed E-state index contributed by atoms with van der Waals surface area (Å²) < 4.78 is 10.9. The minimum Gasteiger partial charge on any atom is -0.481 e. The maximum absolute atomic E-state index is 14.1. The highest BCUT2D eigenvalue weighted by molar-refractivity contribution is 5.98. The fourth-order valence-corrected chi connectivity index (χ4v) is 11.3. The van der Waals surface area contributed by atoms with Gasteiger partial charge in [-0.1, -0.05) is 70.6 Å². The zero-order valence-corrected chi connectivity index (χ0v) is 55.1. The minimum atomic E-state index is -1.89. The number of carbonyl (C=O) groups is 12. The molecule has 34 nitrogen and oxygen atoms in total. The standard InChI is InChI=1S/C61H105N17O17/c1-42(79)77-33-21-26-48(77)60(93)78-34-20-25-47(78)59(92)70-45(24-19-30-67-61(63)64)57(90)71-46(38-52(82)83)58(91)69-44(23-16-18-32-76(39-53(84)85)40-54(86)87)56(89)68-43(55(62)88)22-15-17-29-65-51(81)41-95-37-36-94-35-31-66-50(80)28-14-12-10-8-6-4-2-3-5-7-9-11-13-27-49-72-74-75-73-49/h43-48H,2-41H2,1H3,(H2,62,88)(H,65,81)(H,66,80)(H,68,89)(H,69,91)(H,70,92)(H,71,90)(H,82,83)(H,84,85)(H,86,87)(H4,63,64,67)(H,72,73,74,75)/t43-,44-,45-,46-,47-,48-/m0/s1. The fraction of sp³-hybridized carbons (Fsp3) is 0.770. The lowest BCUT2D eigenvalue weighted by molar-refractivity contribution is -0.146. The van der Waals surface area contributed by atoms with Crippen molar-refractivity contribution in [3.63, 3.8) is 0 Å². The number of aromatic nitrogens is 4. The monoisotopic (exact) mass is 1350 g/mol. The average molecular weight is 1350 g/mol. The molecule has 2 aliphatic heterocycles. The molecule has 1 aromatic rings. The molecule has 0 aliphatic carbocycles. The number of hydrogen-bond acceptors (Lipinski definition) is 19. The molecule has 16 N–H and O–H groups in total. The van der Waals surface area contributed by atoms with Gasteiger partial charge in [0.1, 0.15) is 48.7 Å². The number of nitrogens with two attached hydrogens (primary N) is 2. The number of aliphatic carboxylic acids is 3. The van der Waals surface area contributed by atoms with Crippen molar-refractivity contribution in [2.75, 3.05) is 78.8 Å². The average Bonchev–Trinajstić information content (AvgIpc) is 1.69. The predicted octanol–water partition coefficient (Wildman–Crippen LogP) is -0.555. The summed E-state index contributed by atoms with van der Waals surface area (Å²) in [5.41, 5.74) is 11.1. The zero-order chi connectivity index (χ0) is 69.8. The second-order valence-corrected chi connectivity index (χ2v) is 24.1. The number of H-pyrrole nitrogens is 1. The van der Waals surface area contributed by atoms with E-state index >= 15 is 0 Å². The number of aromatic amines is 1. The Kier molecular flexibility index (Phi) is 40.7. The van der Waals surface area contributed by atoms with E-state index < -0.39 is 115 Å². The van der Waals surface area contributed by atoms with Crippen LogP contribution in [-0.4, -0.2) is 243 Å². The number of unbranched alkanes of at least 4 members (excludes halogenated alkanes) is 14. The molecular formula is C61H105N17O17. The number of carboxylic acid groups (broad SMARTS) is 3. The maximum atomic E-state index is 14.1. The predicted molar refractivity (Wildman–Crippen MR) is 343 cm³/mol. The Labute approximate surface area is 554 Å². The lowest BCUT2D eigenvalue weighted by Crippen LogP contribution is -2.59. The SMILES string of the molecule is CC(=O)N1CCC[C@H]1C(=O)N1CCC[C@H]1C(=O)N[C@@H](CCCNC(=N)N)C(=O)N[C@@H](CC(=O)O)C(=O)N[C@@H](CCCCN(CC(=O)O)CC(=O)O)C(=O)N[C@@H](CCCCNC(=O)COCCOCCNC(=O)CCCCCCCCCCCCCCCc1nnn[nH]1)C(N)=O. The second-order valence-electron chi connectivity index (χ2n) is 24.1. The Morgan fingerprint density at radius 1 is 0.579 bits per heavy atom. The van der Waals surface area contributed by atoms with Crippen molar-refractivity contribution >= 4 is 77.0 Å². The summed E-state index contributed by atoms with van der Waals surface area (Å²) in [5.74, 6) is -9.71. The van der Waals surface area contributed by atoms with E-state index in [0.29, 0.717) is 45.2 Å². The van der Waals surface area contributed by atoms with Gasteiger partial charge in [-0.3, -0.25) is 67.8 Å². The number of amides is 9. The van der Waals surface area contributed by atoms with Crippen LogP contribution in [0.4, 0.5) is 0 Å². The van der Waals surface area contributed by atoms with Gasteiger partial charge in [0.25, 0.3) is 0 Å². The summed E-state index contributed by atoms with van der Waals surface area (Å²) in [4.78, 5) is 159. The molecule has 0 spiro atoms. The molecule has 0 unspecified atom stereocenters. The van der Waals surface area contributed by atoms with Gasteiger partial charge in [-0.2, -0.15) is 0 Å². The number of guanidine groups is 1. The molecule has 0 radical (unpaired) electrons. The highest BCUT2D eigenvalue weighted by Gasteiger charge is 2.42. The Balaban J connectivity index is 1.46. The molecule has 34 heteroatoms. The van der Waals surface area contributed by atoms with Crippen LogP contribution in [0.15, 0.2) is 0 Å². The first-order valence-corrected chi connectivity index (χ1v) is 33.5. The number of nitrogens with zero attached hydrogens (tertiary/aromatic N) is 6. The number of likely N-dealkylation sites (tertiary alicyclic amines) is 2. The van der Waals surface area contributed by atoms with Gasteiger partial charge in [-0.25, -0.2) is 5.10 Å². The number of ether oxygens (including phenoxy) is 2. The number of rotatable bonds is 54. The van der Waals surface area contributed by atoms with Gasteiger partial charge in [0.15, 0.2) is 5.96 Å². The van der Waals surface area contributed by atoms with Crippen molar-refractivity contribution in [2.45, 2.75) is 223 Å². The Bertz CT molecular complexity index is 2550. The zero-order valence-electron chi connectivity index (χ0n) is 55.1. The number of tetrazole rings is 1. The molecule has 0 aromatic carbocycles. The Hall–Kier alpha value is -8.14. The first-order valence-electron chi connectivity index (χ1n) is 33.5. The van der Waals surface area contributed by atoms with E-state index in [9.17, 15) is 72.9 Å². The third-order valence-electron chi connectivity index (χ3n) is 16.3. The summed E-state index contributed by atoms with van der Waals surface area (Å²) in [6.45, 7) is 1.49. The normalized spacial score (nSPS) is 15.6. The highest BCUT2D eigenvalue weighted by Crippen LogP contribution is 2.26. The summed E-state index contributed by atoms with van der Waals surface area (Å²) >= 11 is 0. The van der Waals surface area contributed by atoms with E-state index in [1.807, 2.05) is 0 Å². The van der Waals surface area contributed by atoms with E-state index in [2.05, 4.69) is 57.8 Å². The van der Waals surface area contributed by atoms with Crippen molar-refractivity contribution in [1.29, 1.82) is 5.41 Å². The lowest BCUT2D eigenvalue weighted by atomic mass is 10.0. The van der Waals surface area contributed by atoms with Crippen LogP contribution < -0.4 is 48.7 Å². The van der Waals surface area contributed by atoms with Crippen molar-refractivity contribution in [2.24, 2.45) is 11.5 Å². The highest BCUT2D eigenvalue weighted by atomic mass is 16.5. The van der Waals surface area contributed by atoms with Crippen LogP contribution in [0.25, 0.3) is 0 Å². The van der Waals surface area contributed by atoms with Crippen LogP contribution in [0.1, 0.15) is 186 Å². The lowest BCUT2D eigenvalue weighted by Gasteiger charge is -2.31. The summed E-state index contributed by atoms with van der Waals surface area (Å²) in [6.07, 6.45) is 17.6. The van der Waals surface area contributed by atoms with Crippen LogP contribution in [0, 0.1) is 5.41 Å². The molecule has 3 heterocycles. The molecule has 9 amide bonds. The first-order chi connectivity index (χ1) is 45.6. The molecular weight excluding hydrogens is 1240 g/mol. The molecule has 2 aliphatic rings. The van der Waals surface area contributed by atoms with E-state index in [4.69, 9.17) is 26.4 Å². The van der Waals surface area contributed by atoms with Gasteiger partial charge in [0.05, 0.1) is 39.3 Å². The van der Waals surface area contributed by atoms with Gasteiger partial charge in [0, 0.05) is 52.5 Å². The molecule has 2 saturated heterocycles. The van der Waals surface area contributed by atoms with Crippen LogP contribution in [0.3, 0.4) is 0 Å². The van der Waals surface area contributed by atoms with Crippen molar-refractivity contribution in [3.8, 4) is 0 Å². The summed E-state index contributed by atoms with van der Waals surface area (Å²) in [5, 5.41) is 68.1. The smallest absolute Gasteiger partial charge is 0.317 e. The molecule has 1 aromatic heterocycles. The minimum absolute atomic E-state index is 0.0268. The number of hydrogen-bond donors (Lipinski definition) is 14. The van der Waals surface area contributed by atoms with Gasteiger partial charge in [-0.15, -0.1) is 5.10 Å². The van der Waals surface area contributed by atoms with Crippen molar-refractivity contribution in [1.82, 2.24) is 72.5 Å². The van der Waals surface area contributed by atoms with Crippen LogP contribution in [0.5, 0.6) is 0 Å². The Morgan fingerprint density at radius 3 is 1.71 bits per heavy atom. The fourth-order valence-electron chi connectivity index (χ4n) is 11.3. The van der Waals surface area contributed by atoms with Crippen LogP contribution in [0.2, 0.25) is 0 Å². The molecule has 6 atom stereocenters. The molecule has 536 valence electrons. The van der Waals surface area contributed by atoms with Crippen molar-refractivity contribution in [3.05, 3.63) is 5.82 Å². The largest absolute Gasteiger partial charge is 0.481 e. The first kappa shape index (κ1) is 81.1. The topological polar surface area (TPSA) is 508 Å². The molecule has 2 fully saturated rings. The van der Waals surface area contributed by atoms with Gasteiger partial charge in [-0.05, 0) is 107 Å². The number of carboxylic acids is 3. The summed E-state index contributed by atoms with van der Waals surface area (Å²) in [7, 11) is 0. The van der Waals surface area contributed by atoms with Crippen molar-refractivity contribution < 1.29 is 82.3 Å². The molecule has 0 saturated carbocycles. The number of nitrogens with one attached hydrogen (secondary N) is 9. The van der Waals surface area contributed by atoms with Crippen LogP contribution in [-0.2, 0) is 73.4 Å². The van der Waals surface area contributed by atoms with Gasteiger partial charge in [0.2, 0.25) is 53.2 Å². The summed E-state index contributed by atoms with van der Waals surface area (Å²) in [6, 6.07) is -8.03. The Morgan fingerprint density at radius 2 is 1.11 bits per heavy atom. The maximum Gasteiger partial charge on any atom is 0.317 e. The van der Waals surface area contributed by atoms with Gasteiger partial charge >= 0.3 is 17.9 Å². The van der Waals surface area contributed by atoms with E-state index in [1.54, 1.807) is 0 Å². The quantitative estimate of drug-likeness (QED) is 0.0221. The van der Waals surface area contributed by atoms with E-state index in [0.717, 1.165) is 42.8 Å². The second kappa shape index (κ2) is 47.7. The number of aryl methyl sites for hydroxylation is 1. The molecule has 0 bridgehead atoms. The third-order valence-corrected chi connectivity index (χ3v) is 16.3. The third kappa shape index (κ3) is 35.8. The number of carbonyl (C=O) groups excluding carboxylic acids is 9. The number of primary amides is 1. The van der Waals surface area contributed by atoms with Gasteiger partial charge < -0.3 is 83.3 Å². The van der Waals surface area contributed by atoms with Crippen LogP contribution >= 0.6 is 0 Å². The molecule has 95 heavy (non-hydrogen) atoms. The van der Waals surface area contributed by atoms with E-state index in [1.165, 1.54) is 74.5 Å². The molecule has 3 rings (SSSR count).